The third-order valence-corrected chi connectivity index (χ3v) is 4.69. The van der Waals surface area contributed by atoms with Crippen molar-refractivity contribution in [2.75, 3.05) is 13.6 Å². The predicted molar refractivity (Wildman–Crippen MR) is 96.5 cm³/mol. The first kappa shape index (κ1) is 17.3. The second-order valence-electron chi connectivity index (χ2n) is 6.46. The van der Waals surface area contributed by atoms with Gasteiger partial charge >= 0.3 is 6.03 Å². The molecule has 1 fully saturated rings. The maximum atomic E-state index is 12.4. The maximum absolute atomic E-state index is 12.4. The predicted octanol–water partition coefficient (Wildman–Crippen LogP) is 2.03. The molecule has 3 amide bonds. The quantitative estimate of drug-likeness (QED) is 0.776. The van der Waals surface area contributed by atoms with Gasteiger partial charge in [0.1, 0.15) is 0 Å². The van der Waals surface area contributed by atoms with Crippen LogP contribution in [0.1, 0.15) is 42.5 Å². The minimum absolute atomic E-state index is 0.0235. The summed E-state index contributed by atoms with van der Waals surface area (Å²) < 4.78 is 1.97. The van der Waals surface area contributed by atoms with Gasteiger partial charge in [0, 0.05) is 31.7 Å². The largest absolute Gasteiger partial charge is 0.349 e. The lowest BCUT2D eigenvalue weighted by molar-refractivity contribution is 0.0928. The molecule has 1 aromatic carbocycles. The minimum atomic E-state index is -0.203. The first-order chi connectivity index (χ1) is 12.2. The molecule has 0 radical (unpaired) electrons. The zero-order valence-electron chi connectivity index (χ0n) is 14.5. The molecule has 134 valence electrons. The number of nitrogens with one attached hydrogen (secondary N) is 3. The molecule has 1 heterocycles. The average Bonchev–Trinajstić information content (AvgIpc) is 3.04. The number of imidazole rings is 1. The van der Waals surface area contributed by atoms with Crippen LogP contribution in [0.25, 0.3) is 11.0 Å². The molecule has 0 atom stereocenters. The molecule has 7 nitrogen and oxygen atoms in total. The molecular weight excluding hydrogens is 318 g/mol. The lowest BCUT2D eigenvalue weighted by Crippen LogP contribution is -2.36. The molecule has 1 aliphatic carbocycles. The van der Waals surface area contributed by atoms with Crippen LogP contribution >= 0.6 is 0 Å². The van der Waals surface area contributed by atoms with Crippen molar-refractivity contribution in [2.45, 2.75) is 44.7 Å². The summed E-state index contributed by atoms with van der Waals surface area (Å²) in [4.78, 5) is 28.0. The van der Waals surface area contributed by atoms with E-state index in [-0.39, 0.29) is 11.9 Å². The van der Waals surface area contributed by atoms with Crippen molar-refractivity contribution < 1.29 is 9.59 Å². The number of urea groups is 1. The van der Waals surface area contributed by atoms with E-state index in [0.717, 1.165) is 23.9 Å². The van der Waals surface area contributed by atoms with E-state index in [9.17, 15) is 9.59 Å². The van der Waals surface area contributed by atoms with Crippen LogP contribution in [0, 0.1) is 0 Å². The van der Waals surface area contributed by atoms with Gasteiger partial charge in [-0.3, -0.25) is 4.79 Å². The van der Waals surface area contributed by atoms with Crippen LogP contribution in [0.2, 0.25) is 0 Å². The van der Waals surface area contributed by atoms with Gasteiger partial charge in [0.05, 0.1) is 17.4 Å². The van der Waals surface area contributed by atoms with Crippen LogP contribution in [-0.2, 0) is 6.54 Å². The van der Waals surface area contributed by atoms with Gasteiger partial charge in [0.25, 0.3) is 5.91 Å². The van der Waals surface area contributed by atoms with Crippen molar-refractivity contribution in [3.8, 4) is 0 Å². The van der Waals surface area contributed by atoms with Gasteiger partial charge in [0.2, 0.25) is 0 Å². The Hall–Kier alpha value is -2.57. The number of nitrogens with zero attached hydrogens (tertiary/aromatic N) is 2. The Balaban J connectivity index is 1.64. The molecule has 25 heavy (non-hydrogen) atoms. The first-order valence-electron chi connectivity index (χ1n) is 8.88. The molecule has 2 aromatic rings. The van der Waals surface area contributed by atoms with Gasteiger partial charge in [-0.2, -0.15) is 0 Å². The third-order valence-electron chi connectivity index (χ3n) is 4.69. The number of aromatic nitrogens is 2. The summed E-state index contributed by atoms with van der Waals surface area (Å²) in [6.45, 7) is 1.13. The molecule has 0 aliphatic heterocycles. The zero-order chi connectivity index (χ0) is 17.6. The fraction of sp³-hybridized carbons (Fsp3) is 0.500. The number of fused-ring (bicyclic) bond motifs is 1. The van der Waals surface area contributed by atoms with Crippen LogP contribution in [0.15, 0.2) is 24.5 Å². The molecule has 3 rings (SSSR count). The number of amides is 3. The Kier molecular flexibility index (Phi) is 5.53. The monoisotopic (exact) mass is 343 g/mol. The maximum Gasteiger partial charge on any atom is 0.314 e. The van der Waals surface area contributed by atoms with Gasteiger partial charge in [-0.1, -0.05) is 19.3 Å². The normalized spacial score (nSPS) is 15.1. The summed E-state index contributed by atoms with van der Waals surface area (Å²) in [6, 6.07) is 5.68. The molecule has 1 aliphatic rings. The molecule has 1 aromatic heterocycles. The smallest absolute Gasteiger partial charge is 0.314 e. The van der Waals surface area contributed by atoms with Gasteiger partial charge in [-0.05, 0) is 31.0 Å². The lowest BCUT2D eigenvalue weighted by Gasteiger charge is -2.22. The number of carbonyl (C=O) groups excluding carboxylic acids is 2. The fourth-order valence-corrected chi connectivity index (χ4v) is 3.28. The van der Waals surface area contributed by atoms with Crippen molar-refractivity contribution in [3.63, 3.8) is 0 Å². The summed E-state index contributed by atoms with van der Waals surface area (Å²) in [5.74, 6) is -0.0235. The lowest BCUT2D eigenvalue weighted by atomic mass is 9.95. The van der Waals surface area contributed by atoms with Gasteiger partial charge < -0.3 is 20.5 Å². The standard InChI is InChI=1S/C18H25N5O2/c1-19-18(25)20-9-10-23-12-21-15-11-13(7-8-16(15)23)17(24)22-14-5-3-2-4-6-14/h7-8,11-12,14H,2-6,9-10H2,1H3,(H,22,24)(H2,19,20,25). The minimum Gasteiger partial charge on any atom is -0.349 e. The summed E-state index contributed by atoms with van der Waals surface area (Å²) in [6.07, 6.45) is 7.53. The first-order valence-corrected chi connectivity index (χ1v) is 8.88. The molecule has 0 unspecified atom stereocenters. The van der Waals surface area contributed by atoms with Crippen LogP contribution in [0.3, 0.4) is 0 Å². The SMILES string of the molecule is CNC(=O)NCCn1cnc2cc(C(=O)NC3CCCCC3)ccc21. The number of benzene rings is 1. The van der Waals surface area contributed by atoms with Crippen molar-refractivity contribution in [3.05, 3.63) is 30.1 Å². The average molecular weight is 343 g/mol. The van der Waals surface area contributed by atoms with Crippen molar-refractivity contribution >= 4 is 23.0 Å². The van der Waals surface area contributed by atoms with Crippen molar-refractivity contribution in [1.82, 2.24) is 25.5 Å². The van der Waals surface area contributed by atoms with Gasteiger partial charge in [-0.15, -0.1) is 0 Å². The summed E-state index contributed by atoms with van der Waals surface area (Å²) >= 11 is 0. The van der Waals surface area contributed by atoms with Gasteiger partial charge in [0.15, 0.2) is 0 Å². The molecule has 7 heteroatoms. The van der Waals surface area contributed by atoms with Gasteiger partial charge in [-0.25, -0.2) is 9.78 Å². The summed E-state index contributed by atoms with van der Waals surface area (Å²) in [7, 11) is 1.59. The van der Waals surface area contributed by atoms with E-state index in [2.05, 4.69) is 20.9 Å². The Morgan fingerprint density at radius 2 is 2.04 bits per heavy atom. The number of hydrogen-bond donors (Lipinski definition) is 3. The summed E-state index contributed by atoms with van der Waals surface area (Å²) in [5, 5.41) is 8.40. The van der Waals surface area contributed by atoms with Crippen molar-refractivity contribution in [2.24, 2.45) is 0 Å². The van der Waals surface area contributed by atoms with E-state index >= 15 is 0 Å². The molecule has 0 saturated heterocycles. The number of hydrogen-bond acceptors (Lipinski definition) is 3. The topological polar surface area (TPSA) is 88.1 Å². The van der Waals surface area contributed by atoms with Crippen LogP contribution in [0.5, 0.6) is 0 Å². The van der Waals surface area contributed by atoms with Crippen LogP contribution in [-0.4, -0.2) is 41.1 Å². The summed E-state index contributed by atoms with van der Waals surface area (Å²) in [5.41, 5.74) is 2.39. The number of carbonyl (C=O) groups is 2. The highest BCUT2D eigenvalue weighted by molar-refractivity contribution is 5.97. The molecule has 0 spiro atoms. The zero-order valence-corrected chi connectivity index (χ0v) is 14.5. The highest BCUT2D eigenvalue weighted by atomic mass is 16.2. The van der Waals surface area contributed by atoms with Crippen LogP contribution < -0.4 is 16.0 Å². The molecular formula is C18H25N5O2. The molecule has 0 bridgehead atoms. The van der Waals surface area contributed by atoms with E-state index in [1.54, 1.807) is 13.4 Å². The van der Waals surface area contributed by atoms with E-state index < -0.39 is 0 Å². The van der Waals surface area contributed by atoms with E-state index in [4.69, 9.17) is 0 Å². The van der Waals surface area contributed by atoms with E-state index in [0.29, 0.717) is 24.7 Å². The van der Waals surface area contributed by atoms with E-state index in [1.165, 1.54) is 19.3 Å². The second kappa shape index (κ2) is 8.00. The Labute approximate surface area is 147 Å². The Morgan fingerprint density at radius 1 is 1.24 bits per heavy atom. The fourth-order valence-electron chi connectivity index (χ4n) is 3.28. The third kappa shape index (κ3) is 4.29. The highest BCUT2D eigenvalue weighted by Gasteiger charge is 2.17. The Bertz CT molecular complexity index is 749. The van der Waals surface area contributed by atoms with Crippen LogP contribution in [0.4, 0.5) is 4.79 Å². The second-order valence-corrected chi connectivity index (χ2v) is 6.46. The molecule has 1 saturated carbocycles. The Morgan fingerprint density at radius 3 is 2.80 bits per heavy atom. The highest BCUT2D eigenvalue weighted by Crippen LogP contribution is 2.19. The van der Waals surface area contributed by atoms with E-state index in [1.807, 2.05) is 22.8 Å². The molecule has 3 N–H and O–H groups in total. The number of rotatable bonds is 5. The van der Waals surface area contributed by atoms with Crippen molar-refractivity contribution in [1.29, 1.82) is 0 Å².